The number of hydrogen-bond acceptors (Lipinski definition) is 12. The number of hydrogen-bond donors (Lipinski definition) is 0. The molecule has 0 N–H and O–H groups in total. The summed E-state index contributed by atoms with van der Waals surface area (Å²) in [6.45, 7) is 7.55. The molecule has 0 spiro atoms. The second-order valence-electron chi connectivity index (χ2n) is 13.2. The number of cyclic esters (lactones) is 2. The van der Waals surface area contributed by atoms with Crippen molar-refractivity contribution in [1.29, 1.82) is 0 Å². The van der Waals surface area contributed by atoms with Crippen LogP contribution in [0.15, 0.2) is 24.3 Å². The van der Waals surface area contributed by atoms with E-state index in [1.165, 1.54) is 14.2 Å². The molecule has 0 bridgehead atoms. The Kier molecular flexibility index (Phi) is 10.2. The molecule has 0 saturated carbocycles. The van der Waals surface area contributed by atoms with Crippen LogP contribution in [0.4, 0.5) is 0 Å². The SMILES string of the molecule is COc1cc(OC(C)C)c2c(OC)c3c(cc2c1-c1c(OC)cc(OC(C)C)c2c(OC)c4c(cc12)C[C@@H](CC=O)OC4=O)C[C@@H](CC=O)OC3=O. The summed E-state index contributed by atoms with van der Waals surface area (Å²) in [5.74, 6) is 0.936. The average Bonchev–Trinajstić information content (AvgIpc) is 3.09. The molecule has 2 aliphatic heterocycles. The van der Waals surface area contributed by atoms with Gasteiger partial charge >= 0.3 is 11.9 Å². The lowest BCUT2D eigenvalue weighted by Gasteiger charge is -2.29. The molecule has 4 aromatic rings. The van der Waals surface area contributed by atoms with Gasteiger partial charge in [-0.1, -0.05) is 0 Å². The van der Waals surface area contributed by atoms with Gasteiger partial charge in [-0.25, -0.2) is 9.59 Å². The number of carbonyl (C=O) groups excluding carboxylic acids is 4. The van der Waals surface area contributed by atoms with Crippen LogP contribution in [0.1, 0.15) is 72.4 Å². The van der Waals surface area contributed by atoms with Crippen molar-refractivity contribution < 1.29 is 57.1 Å². The van der Waals surface area contributed by atoms with Crippen molar-refractivity contribution in [1.82, 2.24) is 0 Å². The van der Waals surface area contributed by atoms with E-state index in [1.807, 2.05) is 39.8 Å². The van der Waals surface area contributed by atoms with Crippen LogP contribution in [-0.4, -0.2) is 77.4 Å². The maximum absolute atomic E-state index is 13.5. The number of carbonyl (C=O) groups is 4. The van der Waals surface area contributed by atoms with E-state index in [-0.39, 0.29) is 60.5 Å². The van der Waals surface area contributed by atoms with Gasteiger partial charge in [-0.3, -0.25) is 0 Å². The van der Waals surface area contributed by atoms with Crippen LogP contribution in [0.5, 0.6) is 34.5 Å². The molecular weight excluding hydrogens is 672 g/mol. The summed E-state index contributed by atoms with van der Waals surface area (Å²) in [7, 11) is 6.04. The van der Waals surface area contributed by atoms with Crippen LogP contribution in [-0.2, 0) is 31.9 Å². The van der Waals surface area contributed by atoms with Crippen LogP contribution in [0, 0.1) is 0 Å². The molecule has 0 saturated heterocycles. The normalized spacial score (nSPS) is 16.6. The van der Waals surface area contributed by atoms with Crippen LogP contribution >= 0.6 is 0 Å². The molecular formula is C40H42O12. The minimum Gasteiger partial charge on any atom is -0.496 e. The van der Waals surface area contributed by atoms with Crippen molar-refractivity contribution in [3.05, 3.63) is 46.5 Å². The minimum atomic E-state index is -0.655. The monoisotopic (exact) mass is 714 g/mol. The van der Waals surface area contributed by atoms with E-state index in [9.17, 15) is 19.2 Å². The summed E-state index contributed by atoms with van der Waals surface area (Å²) >= 11 is 0. The van der Waals surface area contributed by atoms with Crippen molar-refractivity contribution >= 4 is 46.1 Å². The van der Waals surface area contributed by atoms with Gasteiger partial charge in [0.2, 0.25) is 0 Å². The molecule has 2 aliphatic rings. The second-order valence-corrected chi connectivity index (χ2v) is 13.2. The highest BCUT2D eigenvalue weighted by Crippen LogP contribution is 2.55. The summed E-state index contributed by atoms with van der Waals surface area (Å²) in [4.78, 5) is 50.0. The molecule has 4 aromatic carbocycles. The van der Waals surface area contributed by atoms with Crippen molar-refractivity contribution in [2.45, 2.75) is 77.8 Å². The molecule has 0 amide bonds. The highest BCUT2D eigenvalue weighted by atomic mass is 16.6. The molecule has 2 atom stereocenters. The van der Waals surface area contributed by atoms with Gasteiger partial charge in [-0.05, 0) is 51.0 Å². The van der Waals surface area contributed by atoms with Gasteiger partial charge in [0.05, 0.1) is 51.4 Å². The smallest absolute Gasteiger partial charge is 0.342 e. The van der Waals surface area contributed by atoms with Crippen molar-refractivity contribution in [2.24, 2.45) is 0 Å². The van der Waals surface area contributed by atoms with E-state index >= 15 is 0 Å². The lowest BCUT2D eigenvalue weighted by atomic mass is 9.85. The fraction of sp³-hybridized carbons (Fsp3) is 0.400. The van der Waals surface area contributed by atoms with Gasteiger partial charge in [0, 0.05) is 59.7 Å². The first kappa shape index (κ1) is 36.3. The quantitative estimate of drug-likeness (QED) is 0.109. The predicted molar refractivity (Wildman–Crippen MR) is 192 cm³/mol. The van der Waals surface area contributed by atoms with E-state index in [4.69, 9.17) is 37.9 Å². The first-order valence-corrected chi connectivity index (χ1v) is 17.1. The fourth-order valence-corrected chi connectivity index (χ4v) is 7.28. The predicted octanol–water partition coefficient (Wildman–Crippen LogP) is 6.61. The summed E-state index contributed by atoms with van der Waals surface area (Å²) in [5, 5.41) is 2.21. The van der Waals surface area contributed by atoms with Gasteiger partial charge < -0.3 is 47.5 Å². The third-order valence-corrected chi connectivity index (χ3v) is 9.17. The number of esters is 2. The molecule has 0 aromatic heterocycles. The Bertz CT molecular complexity index is 1950. The number of fused-ring (bicyclic) bond motifs is 4. The molecule has 0 fully saturated rings. The number of rotatable bonds is 13. The van der Waals surface area contributed by atoms with Crippen molar-refractivity contribution in [3.63, 3.8) is 0 Å². The summed E-state index contributed by atoms with van der Waals surface area (Å²) in [5.41, 5.74) is 2.88. The maximum atomic E-state index is 13.5. The van der Waals surface area contributed by atoms with Crippen molar-refractivity contribution in [2.75, 3.05) is 28.4 Å². The molecule has 0 radical (unpaired) electrons. The van der Waals surface area contributed by atoms with Crippen LogP contribution in [0.25, 0.3) is 32.7 Å². The maximum Gasteiger partial charge on any atom is 0.342 e. The summed E-state index contributed by atoms with van der Waals surface area (Å²) in [6.07, 6.45) is 0.224. The Hall–Kier alpha value is -5.52. The Morgan fingerprint density at radius 2 is 0.981 bits per heavy atom. The van der Waals surface area contributed by atoms with E-state index in [0.717, 1.165) is 12.6 Å². The van der Waals surface area contributed by atoms with Gasteiger partial charge in [0.1, 0.15) is 70.4 Å². The van der Waals surface area contributed by atoms with E-state index in [1.54, 1.807) is 26.4 Å². The first-order valence-electron chi connectivity index (χ1n) is 17.1. The second kappa shape index (κ2) is 14.6. The number of methoxy groups -OCH3 is 4. The Labute approximate surface area is 301 Å². The van der Waals surface area contributed by atoms with Crippen LogP contribution < -0.4 is 28.4 Å². The number of benzene rings is 4. The first-order chi connectivity index (χ1) is 25.0. The summed E-state index contributed by atoms with van der Waals surface area (Å²) < 4.78 is 48.2. The summed E-state index contributed by atoms with van der Waals surface area (Å²) in [6, 6.07) is 7.25. The zero-order valence-corrected chi connectivity index (χ0v) is 30.5. The van der Waals surface area contributed by atoms with Gasteiger partial charge in [0.15, 0.2) is 0 Å². The number of aldehydes is 2. The topological polar surface area (TPSA) is 142 Å². The van der Waals surface area contributed by atoms with Gasteiger partial charge in [0.25, 0.3) is 0 Å². The zero-order chi connectivity index (χ0) is 37.4. The van der Waals surface area contributed by atoms with Crippen molar-refractivity contribution in [3.8, 4) is 45.6 Å². The standard InChI is InChI=1S/C40H42O12/c1-19(2)49-29-17-27(45-5)33(25-15-21-13-23(9-11-41)51-39(43)31(21)37(47-7)35(25)29)34-26-16-22-14-24(10-12-42)52-40(44)32(22)38(48-8)36(26)30(50-20(3)4)18-28(34)46-6/h11-12,15-20,23-24H,9-10,13-14H2,1-8H3/t23-,24-/m1/s1. The molecule has 0 unspecified atom stereocenters. The molecule has 12 heteroatoms. The van der Waals surface area contributed by atoms with E-state index in [2.05, 4.69) is 0 Å². The lowest BCUT2D eigenvalue weighted by molar-refractivity contribution is -0.110. The molecule has 52 heavy (non-hydrogen) atoms. The lowest BCUT2D eigenvalue weighted by Crippen LogP contribution is -2.28. The molecule has 6 rings (SSSR count). The minimum absolute atomic E-state index is 0.0341. The van der Waals surface area contributed by atoms with Gasteiger partial charge in [-0.2, -0.15) is 0 Å². The Balaban J connectivity index is 1.83. The highest BCUT2D eigenvalue weighted by molar-refractivity contribution is 6.18. The van der Waals surface area contributed by atoms with Crippen LogP contribution in [0.3, 0.4) is 0 Å². The number of ether oxygens (including phenoxy) is 8. The third-order valence-electron chi connectivity index (χ3n) is 9.17. The van der Waals surface area contributed by atoms with E-state index in [0.29, 0.717) is 66.8 Å². The third kappa shape index (κ3) is 6.20. The molecule has 2 heterocycles. The molecule has 274 valence electrons. The fourth-order valence-electron chi connectivity index (χ4n) is 7.28. The molecule has 12 nitrogen and oxygen atoms in total. The Morgan fingerprint density at radius 3 is 1.29 bits per heavy atom. The van der Waals surface area contributed by atoms with E-state index < -0.39 is 24.1 Å². The Morgan fingerprint density at radius 1 is 0.596 bits per heavy atom. The largest absolute Gasteiger partial charge is 0.496 e. The molecule has 0 aliphatic carbocycles. The zero-order valence-electron chi connectivity index (χ0n) is 30.5. The highest BCUT2D eigenvalue weighted by Gasteiger charge is 2.37. The van der Waals surface area contributed by atoms with Crippen LogP contribution in [0.2, 0.25) is 0 Å². The van der Waals surface area contributed by atoms with Gasteiger partial charge in [-0.15, -0.1) is 0 Å². The average molecular weight is 715 g/mol.